The van der Waals surface area contributed by atoms with Crippen LogP contribution in [0.3, 0.4) is 0 Å². The van der Waals surface area contributed by atoms with E-state index >= 15 is 0 Å². The molecule has 0 rings (SSSR count). The molecule has 0 heterocycles. The Morgan fingerprint density at radius 3 is 1.07 bits per heavy atom. The summed E-state index contributed by atoms with van der Waals surface area (Å²) in [5.74, 6) is -0.0762. The van der Waals surface area contributed by atoms with Gasteiger partial charge < -0.3 is 15.5 Å². The van der Waals surface area contributed by atoms with Crippen molar-refractivity contribution in [3.63, 3.8) is 0 Å². The number of carbonyl (C=O) groups is 1. The largest absolute Gasteiger partial charge is 0.394 e. The Morgan fingerprint density at radius 1 is 0.400 bits per heavy atom. The molecule has 0 aliphatic carbocycles. The number of aliphatic hydroxyl groups is 2. The minimum Gasteiger partial charge on any atom is -0.394 e. The molecule has 0 bridgehead atoms. The summed E-state index contributed by atoms with van der Waals surface area (Å²) >= 11 is 0. The van der Waals surface area contributed by atoms with Crippen molar-refractivity contribution in [1.29, 1.82) is 0 Å². The van der Waals surface area contributed by atoms with Gasteiger partial charge in [-0.1, -0.05) is 248 Å². The van der Waals surface area contributed by atoms with Gasteiger partial charge in [0.2, 0.25) is 5.91 Å². The Hall–Kier alpha value is -1.91. The third kappa shape index (κ3) is 47.1. The van der Waals surface area contributed by atoms with Crippen molar-refractivity contribution in [3.05, 3.63) is 60.8 Å². The minimum atomic E-state index is -0.870. The number of allylic oxidation sites excluding steroid dienone is 9. The fraction of sp³-hybridized carbons (Fsp3) is 0.804. The molecule has 60 heavy (non-hydrogen) atoms. The fourth-order valence-electron chi connectivity index (χ4n) is 7.89. The van der Waals surface area contributed by atoms with E-state index in [-0.39, 0.29) is 12.5 Å². The maximum absolute atomic E-state index is 12.4. The summed E-state index contributed by atoms with van der Waals surface area (Å²) in [4.78, 5) is 12.4. The lowest BCUT2D eigenvalue weighted by Crippen LogP contribution is -2.45. The summed E-state index contributed by atoms with van der Waals surface area (Å²) < 4.78 is 0. The molecule has 0 fully saturated rings. The third-order valence-corrected chi connectivity index (χ3v) is 12.0. The predicted molar refractivity (Wildman–Crippen MR) is 267 cm³/mol. The third-order valence-electron chi connectivity index (χ3n) is 12.0. The molecule has 2 unspecified atom stereocenters. The van der Waals surface area contributed by atoms with Gasteiger partial charge >= 0.3 is 0 Å². The maximum atomic E-state index is 12.4. The van der Waals surface area contributed by atoms with E-state index in [4.69, 9.17) is 0 Å². The molecule has 0 radical (unpaired) electrons. The van der Waals surface area contributed by atoms with Gasteiger partial charge in [-0.2, -0.15) is 0 Å². The first-order chi connectivity index (χ1) is 29.7. The number of carbonyl (C=O) groups excluding carboxylic acids is 1. The molecule has 0 aliphatic rings. The Morgan fingerprint density at radius 2 is 0.700 bits per heavy atom. The second-order valence-corrected chi connectivity index (χ2v) is 17.9. The molecule has 0 saturated carbocycles. The quantitative estimate of drug-likeness (QED) is 0.0422. The van der Waals surface area contributed by atoms with E-state index in [1.165, 1.54) is 205 Å². The lowest BCUT2D eigenvalue weighted by Gasteiger charge is -2.19. The highest BCUT2D eigenvalue weighted by Gasteiger charge is 2.17. The highest BCUT2D eigenvalue weighted by atomic mass is 16.3. The second-order valence-electron chi connectivity index (χ2n) is 17.9. The average Bonchev–Trinajstić information content (AvgIpc) is 3.25. The molecule has 0 aromatic rings. The predicted octanol–water partition coefficient (Wildman–Crippen LogP) is 17.2. The second kappa shape index (κ2) is 51.4. The Kier molecular flexibility index (Phi) is 49.8. The molecule has 4 heteroatoms. The molecule has 0 aliphatic heterocycles. The van der Waals surface area contributed by atoms with E-state index in [2.05, 4.69) is 67.8 Å². The van der Waals surface area contributed by atoms with Crippen LogP contribution in [0.2, 0.25) is 0 Å². The molecule has 3 N–H and O–H groups in total. The standard InChI is InChI=1S/C56H103NO3/c1-3-5-7-9-11-13-15-17-19-20-21-22-23-24-25-26-27-28-29-30-31-32-33-34-35-36-38-40-42-44-46-48-50-52-56(60)57-54(53-58)55(59)51-49-47-45-43-41-39-37-18-16-14-12-10-8-6-4-2/h15-18,20-21,41,43,49,51,54-55,58-59H,3-14,19,22-40,42,44-48,50,52-53H2,1-2H3,(H,57,60)/b17-15-,18-16+,21-20-,43-41+,51-49+. The van der Waals surface area contributed by atoms with Crippen molar-refractivity contribution in [2.75, 3.05) is 6.61 Å². The van der Waals surface area contributed by atoms with Gasteiger partial charge in [0.1, 0.15) is 0 Å². The van der Waals surface area contributed by atoms with Crippen LogP contribution in [0.5, 0.6) is 0 Å². The van der Waals surface area contributed by atoms with Crippen LogP contribution in [0.4, 0.5) is 0 Å². The van der Waals surface area contributed by atoms with E-state index in [1.807, 2.05) is 6.08 Å². The molecule has 0 saturated heterocycles. The van der Waals surface area contributed by atoms with Crippen molar-refractivity contribution >= 4 is 5.91 Å². The van der Waals surface area contributed by atoms with E-state index in [0.29, 0.717) is 6.42 Å². The molecule has 1 amide bonds. The topological polar surface area (TPSA) is 69.6 Å². The van der Waals surface area contributed by atoms with Gasteiger partial charge in [-0.15, -0.1) is 0 Å². The zero-order chi connectivity index (χ0) is 43.5. The van der Waals surface area contributed by atoms with Gasteiger partial charge in [-0.3, -0.25) is 4.79 Å². The van der Waals surface area contributed by atoms with E-state index in [0.717, 1.165) is 44.9 Å². The highest BCUT2D eigenvalue weighted by Crippen LogP contribution is 2.16. The Balaban J connectivity index is 3.48. The summed E-state index contributed by atoms with van der Waals surface area (Å²) in [5, 5.41) is 23.0. The van der Waals surface area contributed by atoms with Crippen LogP contribution >= 0.6 is 0 Å². The van der Waals surface area contributed by atoms with Crippen LogP contribution in [0.1, 0.15) is 271 Å². The molecule has 350 valence electrons. The SMILES string of the molecule is CCCCCCC/C=C\C/C=C\CCCCCCCCCCCCCCCCCCCCCCCC(=O)NC(CO)C(O)/C=C/CC/C=C/CC/C=C/CCCCCCC. The van der Waals surface area contributed by atoms with Gasteiger partial charge in [0, 0.05) is 6.42 Å². The lowest BCUT2D eigenvalue weighted by molar-refractivity contribution is -0.123. The van der Waals surface area contributed by atoms with Crippen LogP contribution in [0.25, 0.3) is 0 Å². The highest BCUT2D eigenvalue weighted by molar-refractivity contribution is 5.76. The van der Waals surface area contributed by atoms with Crippen molar-refractivity contribution in [2.45, 2.75) is 283 Å². The number of hydrogen-bond donors (Lipinski definition) is 3. The molecule has 4 nitrogen and oxygen atoms in total. The summed E-state index contributed by atoms with van der Waals surface area (Å²) in [6.45, 7) is 4.28. The minimum absolute atomic E-state index is 0.0762. The first-order valence-corrected chi connectivity index (χ1v) is 26.5. The summed E-state index contributed by atoms with van der Waals surface area (Å²) in [6.07, 6.45) is 72.3. The molecule has 0 aromatic heterocycles. The number of unbranched alkanes of at least 4 members (excludes halogenated alkanes) is 33. The first kappa shape index (κ1) is 58.1. The molecular weight excluding hydrogens is 735 g/mol. The number of hydrogen-bond acceptors (Lipinski definition) is 3. The monoisotopic (exact) mass is 838 g/mol. The van der Waals surface area contributed by atoms with Crippen LogP contribution in [-0.4, -0.2) is 34.9 Å². The van der Waals surface area contributed by atoms with Crippen molar-refractivity contribution in [2.24, 2.45) is 0 Å². The van der Waals surface area contributed by atoms with Crippen LogP contribution < -0.4 is 5.32 Å². The molecular formula is C56H103NO3. The van der Waals surface area contributed by atoms with E-state index in [1.54, 1.807) is 6.08 Å². The first-order valence-electron chi connectivity index (χ1n) is 26.5. The molecule has 0 aromatic carbocycles. The van der Waals surface area contributed by atoms with E-state index < -0.39 is 12.1 Å². The fourth-order valence-corrected chi connectivity index (χ4v) is 7.89. The molecule has 0 spiro atoms. The summed E-state index contributed by atoms with van der Waals surface area (Å²) in [6, 6.07) is -0.645. The number of aliphatic hydroxyl groups excluding tert-OH is 2. The van der Waals surface area contributed by atoms with Crippen LogP contribution in [0.15, 0.2) is 60.8 Å². The van der Waals surface area contributed by atoms with Crippen molar-refractivity contribution in [3.8, 4) is 0 Å². The van der Waals surface area contributed by atoms with Gasteiger partial charge in [0.25, 0.3) is 0 Å². The average molecular weight is 838 g/mol. The smallest absolute Gasteiger partial charge is 0.220 e. The maximum Gasteiger partial charge on any atom is 0.220 e. The Labute approximate surface area is 375 Å². The zero-order valence-corrected chi connectivity index (χ0v) is 40.2. The number of nitrogens with one attached hydrogen (secondary N) is 1. The van der Waals surface area contributed by atoms with Gasteiger partial charge in [0.15, 0.2) is 0 Å². The van der Waals surface area contributed by atoms with Crippen molar-refractivity contribution < 1.29 is 15.0 Å². The normalized spacial score (nSPS) is 13.3. The molecule has 2 atom stereocenters. The van der Waals surface area contributed by atoms with E-state index in [9.17, 15) is 15.0 Å². The summed E-state index contributed by atoms with van der Waals surface area (Å²) in [7, 11) is 0. The van der Waals surface area contributed by atoms with Gasteiger partial charge in [-0.05, 0) is 77.0 Å². The van der Waals surface area contributed by atoms with Gasteiger partial charge in [0.05, 0.1) is 18.8 Å². The van der Waals surface area contributed by atoms with Crippen LogP contribution in [0, 0.1) is 0 Å². The van der Waals surface area contributed by atoms with Crippen LogP contribution in [-0.2, 0) is 4.79 Å². The zero-order valence-electron chi connectivity index (χ0n) is 40.2. The van der Waals surface area contributed by atoms with Crippen molar-refractivity contribution in [1.82, 2.24) is 5.32 Å². The number of amides is 1. The number of rotatable bonds is 48. The van der Waals surface area contributed by atoms with Gasteiger partial charge in [-0.25, -0.2) is 0 Å². The summed E-state index contributed by atoms with van der Waals surface area (Å²) in [5.41, 5.74) is 0. The Bertz CT molecular complexity index is 996. The lowest BCUT2D eigenvalue weighted by atomic mass is 10.0.